The molecule has 0 N–H and O–H groups in total. The first-order valence-electron chi connectivity index (χ1n) is 12.4. The van der Waals surface area contributed by atoms with Crippen molar-refractivity contribution in [1.29, 1.82) is 0 Å². The maximum Gasteiger partial charge on any atom is 0.126 e. The van der Waals surface area contributed by atoms with E-state index in [1.54, 1.807) is 0 Å². The Kier molecular flexibility index (Phi) is 35.7. The molecule has 2 rings (SSSR count). The molecule has 1 nitrogen and oxygen atoms in total. The predicted octanol–water partition coefficient (Wildman–Crippen LogP) is 10.1. The summed E-state index contributed by atoms with van der Waals surface area (Å²) in [6.45, 7) is 23.7. The number of carbonyl (C=O) groups is 1. The van der Waals surface area contributed by atoms with E-state index < -0.39 is 0 Å². The normalized spacial score (nSPS) is 8.13. The zero-order valence-corrected chi connectivity index (χ0v) is 23.1. The van der Waals surface area contributed by atoms with Gasteiger partial charge in [0.05, 0.1) is 0 Å². The van der Waals surface area contributed by atoms with Crippen LogP contribution in [0.3, 0.4) is 0 Å². The van der Waals surface area contributed by atoms with Gasteiger partial charge in [-0.2, -0.15) is 0 Å². The van der Waals surface area contributed by atoms with Crippen LogP contribution in [-0.4, -0.2) is 5.78 Å². The van der Waals surface area contributed by atoms with Crippen molar-refractivity contribution < 1.29 is 4.79 Å². The lowest BCUT2D eigenvalue weighted by Gasteiger charge is -2.01. The third-order valence-electron chi connectivity index (χ3n) is 3.87. The van der Waals surface area contributed by atoms with Crippen LogP contribution in [0.25, 0.3) is 0 Å². The molecule has 0 radical (unpaired) electrons. The molecule has 0 spiro atoms. The van der Waals surface area contributed by atoms with Crippen molar-refractivity contribution in [3.05, 3.63) is 70.8 Å². The number of benzene rings is 2. The number of ketones is 1. The van der Waals surface area contributed by atoms with Gasteiger partial charge in [-0.25, -0.2) is 0 Å². The summed E-state index contributed by atoms with van der Waals surface area (Å²) in [4.78, 5) is 9.44. The highest BCUT2D eigenvalue weighted by Gasteiger charge is 1.92. The van der Waals surface area contributed by atoms with Gasteiger partial charge in [-0.3, -0.25) is 0 Å². The van der Waals surface area contributed by atoms with Crippen molar-refractivity contribution in [3.63, 3.8) is 0 Å². The van der Waals surface area contributed by atoms with Gasteiger partial charge in [0, 0.05) is 0 Å². The van der Waals surface area contributed by atoms with E-state index in [0.29, 0.717) is 0 Å². The zero-order chi connectivity index (χ0) is 25.1. The summed E-state index contributed by atoms with van der Waals surface area (Å²) < 4.78 is 0. The maximum atomic E-state index is 9.44. The molecule has 0 bridgehead atoms. The largest absolute Gasteiger partial charge is 0.300 e. The second-order valence-corrected chi connectivity index (χ2v) is 6.79. The highest BCUT2D eigenvalue weighted by Crippen LogP contribution is 2.08. The second kappa shape index (κ2) is 30.3. The number of unbranched alkanes of at least 4 members (excludes halogenated alkanes) is 3. The van der Waals surface area contributed by atoms with Gasteiger partial charge in [-0.15, -0.1) is 0 Å². The minimum atomic E-state index is 0.167. The van der Waals surface area contributed by atoms with E-state index in [1.807, 2.05) is 41.5 Å². The Bertz CT molecular complexity index is 557. The second-order valence-electron chi connectivity index (χ2n) is 6.79. The minimum absolute atomic E-state index is 0.167. The Morgan fingerprint density at radius 3 is 1.35 bits per heavy atom. The van der Waals surface area contributed by atoms with Crippen LogP contribution in [-0.2, 0) is 11.2 Å². The lowest BCUT2D eigenvalue weighted by molar-refractivity contribution is -0.114. The van der Waals surface area contributed by atoms with Crippen molar-refractivity contribution in [2.24, 2.45) is 0 Å². The summed E-state index contributed by atoms with van der Waals surface area (Å²) in [5, 5.41) is 0. The summed E-state index contributed by atoms with van der Waals surface area (Å²) in [6, 6.07) is 17.3. The predicted molar refractivity (Wildman–Crippen MR) is 145 cm³/mol. The molecule has 0 saturated heterocycles. The average Bonchev–Trinajstić information content (AvgIpc) is 2.79. The summed E-state index contributed by atoms with van der Waals surface area (Å²) in [5.41, 5.74) is 5.58. The van der Waals surface area contributed by atoms with Crippen LogP contribution in [0.2, 0.25) is 0 Å². The molecule has 0 aromatic heterocycles. The van der Waals surface area contributed by atoms with Gasteiger partial charge >= 0.3 is 0 Å². The molecular formula is C30H54O. The Morgan fingerprint density at radius 2 is 1.03 bits per heavy atom. The zero-order valence-electron chi connectivity index (χ0n) is 23.1. The SMILES string of the molecule is CC.CC.CC.CC(C)=O.CCCCCCc1ccc(C)cc1.Cc1ccccc1C. The Labute approximate surface area is 196 Å². The quantitative estimate of drug-likeness (QED) is 0.431. The monoisotopic (exact) mass is 430 g/mol. The number of rotatable bonds is 5. The van der Waals surface area contributed by atoms with Crippen LogP contribution >= 0.6 is 0 Å². The van der Waals surface area contributed by atoms with Gasteiger partial charge in [0.15, 0.2) is 0 Å². The molecule has 2 aromatic carbocycles. The molecule has 1 heteroatoms. The first-order chi connectivity index (χ1) is 14.9. The standard InChI is InChI=1S/C13H20.C8H10.C3H6O.3C2H6/c1-3-4-5-6-7-13-10-8-12(2)9-11-13;1-7-5-3-4-6-8(7)2;1-3(2)4;3*1-2/h8-11H,3-7H2,1-2H3;3-6H,1-2H3;1-2H3;3*1-2H3. The molecule has 0 aliphatic rings. The van der Waals surface area contributed by atoms with Crippen LogP contribution in [0.5, 0.6) is 0 Å². The molecule has 0 heterocycles. The Morgan fingerprint density at radius 1 is 0.645 bits per heavy atom. The van der Waals surface area contributed by atoms with Crippen molar-refractivity contribution >= 4 is 5.78 Å². The topological polar surface area (TPSA) is 17.1 Å². The summed E-state index contributed by atoms with van der Waals surface area (Å²) in [7, 11) is 0. The van der Waals surface area contributed by atoms with E-state index >= 15 is 0 Å². The fourth-order valence-corrected chi connectivity index (χ4v) is 2.17. The molecule has 0 aliphatic heterocycles. The Balaban J connectivity index is -0.000000173. The van der Waals surface area contributed by atoms with Gasteiger partial charge in [0.1, 0.15) is 5.78 Å². The molecule has 0 amide bonds. The fourth-order valence-electron chi connectivity index (χ4n) is 2.17. The van der Waals surface area contributed by atoms with Crippen molar-refractivity contribution in [2.45, 2.75) is 115 Å². The lowest BCUT2D eigenvalue weighted by Crippen LogP contribution is -1.85. The van der Waals surface area contributed by atoms with Crippen LogP contribution in [0, 0.1) is 20.8 Å². The molecule has 0 fully saturated rings. The van der Waals surface area contributed by atoms with Gasteiger partial charge in [-0.1, -0.05) is 122 Å². The third-order valence-corrected chi connectivity index (χ3v) is 3.87. The van der Waals surface area contributed by atoms with E-state index in [0.717, 1.165) is 0 Å². The smallest absolute Gasteiger partial charge is 0.126 e. The maximum absolute atomic E-state index is 9.44. The third kappa shape index (κ3) is 30.4. The Hall–Kier alpha value is -1.89. The van der Waals surface area contributed by atoms with E-state index in [1.165, 1.54) is 68.2 Å². The van der Waals surface area contributed by atoms with Crippen molar-refractivity contribution in [2.75, 3.05) is 0 Å². The van der Waals surface area contributed by atoms with Crippen LogP contribution < -0.4 is 0 Å². The molecule has 0 aliphatic carbocycles. The number of carbonyl (C=O) groups excluding carboxylic acids is 1. The van der Waals surface area contributed by atoms with E-state index in [-0.39, 0.29) is 5.78 Å². The molecule has 0 unspecified atom stereocenters. The fraction of sp³-hybridized carbons (Fsp3) is 0.567. The number of hydrogen-bond donors (Lipinski definition) is 0. The van der Waals surface area contributed by atoms with E-state index in [9.17, 15) is 4.79 Å². The van der Waals surface area contributed by atoms with Crippen molar-refractivity contribution in [1.82, 2.24) is 0 Å². The molecule has 0 saturated carbocycles. The first-order valence-corrected chi connectivity index (χ1v) is 12.4. The lowest BCUT2D eigenvalue weighted by atomic mass is 10.1. The molecule has 0 atom stereocenters. The van der Waals surface area contributed by atoms with Gasteiger partial charge in [0.25, 0.3) is 0 Å². The molecule has 31 heavy (non-hydrogen) atoms. The van der Waals surface area contributed by atoms with Gasteiger partial charge < -0.3 is 4.79 Å². The summed E-state index contributed by atoms with van der Waals surface area (Å²) in [5.74, 6) is 0.167. The highest BCUT2D eigenvalue weighted by atomic mass is 16.1. The van der Waals surface area contributed by atoms with Gasteiger partial charge in [-0.05, 0) is 64.2 Å². The van der Waals surface area contributed by atoms with E-state index in [2.05, 4.69) is 76.2 Å². The number of hydrogen-bond acceptors (Lipinski definition) is 1. The molecule has 2 aromatic rings. The average molecular weight is 431 g/mol. The minimum Gasteiger partial charge on any atom is -0.300 e. The number of aryl methyl sites for hydroxylation is 4. The van der Waals surface area contributed by atoms with Crippen molar-refractivity contribution in [3.8, 4) is 0 Å². The van der Waals surface area contributed by atoms with Crippen LogP contribution in [0.15, 0.2) is 48.5 Å². The first kappa shape index (κ1) is 36.5. The summed E-state index contributed by atoms with van der Waals surface area (Å²) >= 11 is 0. The highest BCUT2D eigenvalue weighted by molar-refractivity contribution is 5.72. The van der Waals surface area contributed by atoms with Gasteiger partial charge in [0.2, 0.25) is 0 Å². The molecular weight excluding hydrogens is 376 g/mol. The molecule has 180 valence electrons. The number of Topliss-reactive ketones (excluding diaryl/α,β-unsaturated/α-hetero) is 1. The summed E-state index contributed by atoms with van der Waals surface area (Å²) in [6.07, 6.45) is 6.68. The van der Waals surface area contributed by atoms with E-state index in [4.69, 9.17) is 0 Å². The van der Waals surface area contributed by atoms with Crippen LogP contribution in [0.1, 0.15) is 110 Å². The van der Waals surface area contributed by atoms with Crippen LogP contribution in [0.4, 0.5) is 0 Å².